The normalized spacial score (nSPS) is 13.7. The number of anilines is 1. The maximum Gasteiger partial charge on any atom is 0.0859 e. The van der Waals surface area contributed by atoms with Crippen molar-refractivity contribution in [1.82, 2.24) is 0 Å². The van der Waals surface area contributed by atoms with Gasteiger partial charge in [-0.3, -0.25) is 0 Å². The molecule has 1 N–H and O–H groups in total. The molecule has 0 aliphatic rings. The molecule has 0 saturated heterocycles. The van der Waals surface area contributed by atoms with Crippen LogP contribution in [0.15, 0.2) is 42.5 Å². The van der Waals surface area contributed by atoms with Gasteiger partial charge >= 0.3 is 0 Å². The first-order valence-electron chi connectivity index (χ1n) is 7.84. The molecular weight excluding hydrogens is 329 g/mol. The van der Waals surface area contributed by atoms with Crippen molar-refractivity contribution < 1.29 is 5.11 Å². The Morgan fingerprint density at radius 2 is 1.74 bits per heavy atom. The van der Waals surface area contributed by atoms with E-state index >= 15 is 0 Å². The van der Waals surface area contributed by atoms with E-state index < -0.39 is 6.10 Å². The monoisotopic (exact) mass is 351 g/mol. The molecular formula is C19H23Cl2NO. The summed E-state index contributed by atoms with van der Waals surface area (Å²) < 4.78 is 0. The van der Waals surface area contributed by atoms with Gasteiger partial charge in [-0.15, -0.1) is 0 Å². The Hall–Kier alpha value is -1.22. The van der Waals surface area contributed by atoms with Gasteiger partial charge in [0.2, 0.25) is 0 Å². The zero-order valence-electron chi connectivity index (χ0n) is 13.8. The van der Waals surface area contributed by atoms with Crippen molar-refractivity contribution in [3.8, 4) is 0 Å². The molecule has 124 valence electrons. The van der Waals surface area contributed by atoms with Crippen LogP contribution in [-0.4, -0.2) is 19.2 Å². The zero-order valence-corrected chi connectivity index (χ0v) is 15.3. The molecule has 0 aliphatic heterocycles. The SMILES string of the molecule is CCC[C@H](c1ccc(Cl)c(Cl)c1)[C@H](O)c1cccc(N(C)C)c1. The Balaban J connectivity index is 2.36. The van der Waals surface area contributed by atoms with E-state index in [0.29, 0.717) is 10.0 Å². The summed E-state index contributed by atoms with van der Waals surface area (Å²) in [6.07, 6.45) is 1.29. The molecule has 4 heteroatoms. The number of halogens is 2. The van der Waals surface area contributed by atoms with Crippen LogP contribution in [0.2, 0.25) is 10.0 Å². The molecule has 0 aromatic heterocycles. The van der Waals surface area contributed by atoms with E-state index in [2.05, 4.69) is 6.92 Å². The summed E-state index contributed by atoms with van der Waals surface area (Å²) in [5, 5.41) is 12.0. The highest BCUT2D eigenvalue weighted by Crippen LogP contribution is 2.37. The van der Waals surface area contributed by atoms with Crippen LogP contribution in [0, 0.1) is 0 Å². The van der Waals surface area contributed by atoms with E-state index in [0.717, 1.165) is 29.7 Å². The molecule has 23 heavy (non-hydrogen) atoms. The Labute approximate surface area is 148 Å². The molecule has 2 aromatic rings. The molecule has 2 rings (SSSR count). The van der Waals surface area contributed by atoms with Gasteiger partial charge in [-0.25, -0.2) is 0 Å². The average molecular weight is 352 g/mol. The highest BCUT2D eigenvalue weighted by atomic mass is 35.5. The number of hydrogen-bond acceptors (Lipinski definition) is 2. The van der Waals surface area contributed by atoms with Crippen molar-refractivity contribution in [3.05, 3.63) is 63.6 Å². The Bertz CT molecular complexity index is 658. The minimum atomic E-state index is -0.577. The van der Waals surface area contributed by atoms with Crippen LogP contribution in [0.1, 0.15) is 42.9 Å². The number of nitrogens with zero attached hydrogens (tertiary/aromatic N) is 1. The first-order chi connectivity index (χ1) is 10.9. The fourth-order valence-electron chi connectivity index (χ4n) is 2.78. The molecule has 0 amide bonds. The summed E-state index contributed by atoms with van der Waals surface area (Å²) in [6.45, 7) is 2.12. The smallest absolute Gasteiger partial charge is 0.0859 e. The lowest BCUT2D eigenvalue weighted by molar-refractivity contribution is 0.140. The minimum absolute atomic E-state index is 0.00724. The second-order valence-corrected chi connectivity index (χ2v) is 6.82. The first-order valence-corrected chi connectivity index (χ1v) is 8.60. The highest BCUT2D eigenvalue weighted by Gasteiger charge is 2.23. The molecule has 2 aromatic carbocycles. The molecule has 2 nitrogen and oxygen atoms in total. The van der Waals surface area contributed by atoms with Crippen molar-refractivity contribution in [2.24, 2.45) is 0 Å². The van der Waals surface area contributed by atoms with Crippen LogP contribution < -0.4 is 4.90 Å². The van der Waals surface area contributed by atoms with Gasteiger partial charge in [0.1, 0.15) is 0 Å². The third-order valence-corrected chi connectivity index (χ3v) is 4.82. The number of rotatable bonds is 6. The fraction of sp³-hybridized carbons (Fsp3) is 0.368. The topological polar surface area (TPSA) is 23.5 Å². The van der Waals surface area contributed by atoms with Gasteiger partial charge in [0.25, 0.3) is 0 Å². The van der Waals surface area contributed by atoms with E-state index in [1.807, 2.05) is 55.4 Å². The average Bonchev–Trinajstić information content (AvgIpc) is 2.55. The zero-order chi connectivity index (χ0) is 17.0. The number of hydrogen-bond donors (Lipinski definition) is 1. The Kier molecular flexibility index (Phi) is 6.34. The molecule has 0 bridgehead atoms. The third kappa shape index (κ3) is 4.41. The highest BCUT2D eigenvalue weighted by molar-refractivity contribution is 6.42. The largest absolute Gasteiger partial charge is 0.388 e. The third-order valence-electron chi connectivity index (χ3n) is 4.08. The van der Waals surface area contributed by atoms with Crippen molar-refractivity contribution in [1.29, 1.82) is 0 Å². The van der Waals surface area contributed by atoms with E-state index in [-0.39, 0.29) is 5.92 Å². The second-order valence-electron chi connectivity index (χ2n) is 6.00. The van der Waals surface area contributed by atoms with Gasteiger partial charge in [-0.05, 0) is 41.8 Å². The van der Waals surface area contributed by atoms with Crippen LogP contribution >= 0.6 is 23.2 Å². The summed E-state index contributed by atoms with van der Waals surface area (Å²) in [4.78, 5) is 2.03. The first kappa shape index (κ1) is 18.1. The Morgan fingerprint density at radius 1 is 1.00 bits per heavy atom. The van der Waals surface area contributed by atoms with E-state index in [1.165, 1.54) is 0 Å². The van der Waals surface area contributed by atoms with Gasteiger partial charge in [0, 0.05) is 25.7 Å². The van der Waals surface area contributed by atoms with E-state index in [4.69, 9.17) is 23.2 Å². The molecule has 2 atom stereocenters. The summed E-state index contributed by atoms with van der Waals surface area (Å²) in [6, 6.07) is 13.6. The van der Waals surface area contributed by atoms with Crippen LogP contribution in [0.5, 0.6) is 0 Å². The molecule has 0 aliphatic carbocycles. The standard InChI is InChI=1S/C19H23Cl2NO/c1-4-6-16(13-9-10-17(20)18(21)12-13)19(23)14-7-5-8-15(11-14)22(2)3/h5,7-12,16,19,23H,4,6H2,1-3H3/t16-,19-/m1/s1. The summed E-state index contributed by atoms with van der Waals surface area (Å²) >= 11 is 12.2. The maximum atomic E-state index is 10.9. The van der Waals surface area contributed by atoms with Gasteiger partial charge in [0.05, 0.1) is 16.1 Å². The Morgan fingerprint density at radius 3 is 2.35 bits per heavy atom. The molecule has 0 fully saturated rings. The van der Waals surface area contributed by atoms with Crippen LogP contribution in [-0.2, 0) is 0 Å². The lowest BCUT2D eigenvalue weighted by Crippen LogP contribution is -2.13. The van der Waals surface area contributed by atoms with Gasteiger partial charge in [-0.1, -0.05) is 54.7 Å². The molecule has 0 spiro atoms. The van der Waals surface area contributed by atoms with Crippen molar-refractivity contribution >= 4 is 28.9 Å². The molecule has 0 radical (unpaired) electrons. The van der Waals surface area contributed by atoms with Crippen molar-refractivity contribution in [2.75, 3.05) is 19.0 Å². The predicted molar refractivity (Wildman–Crippen MR) is 99.8 cm³/mol. The number of benzene rings is 2. The minimum Gasteiger partial charge on any atom is -0.388 e. The van der Waals surface area contributed by atoms with Gasteiger partial charge in [0.15, 0.2) is 0 Å². The van der Waals surface area contributed by atoms with Gasteiger partial charge in [-0.2, -0.15) is 0 Å². The van der Waals surface area contributed by atoms with E-state index in [1.54, 1.807) is 6.07 Å². The van der Waals surface area contributed by atoms with Crippen LogP contribution in [0.25, 0.3) is 0 Å². The lowest BCUT2D eigenvalue weighted by atomic mass is 9.86. The van der Waals surface area contributed by atoms with E-state index in [9.17, 15) is 5.11 Å². The van der Waals surface area contributed by atoms with Gasteiger partial charge < -0.3 is 10.0 Å². The summed E-state index contributed by atoms with van der Waals surface area (Å²) in [5.41, 5.74) is 3.01. The second kappa shape index (κ2) is 8.05. The van der Waals surface area contributed by atoms with Crippen LogP contribution in [0.4, 0.5) is 5.69 Å². The molecule has 0 heterocycles. The lowest BCUT2D eigenvalue weighted by Gasteiger charge is -2.25. The number of aliphatic hydroxyl groups excluding tert-OH is 1. The van der Waals surface area contributed by atoms with Crippen molar-refractivity contribution in [2.45, 2.75) is 31.8 Å². The fourth-order valence-corrected chi connectivity index (χ4v) is 3.09. The molecule has 0 saturated carbocycles. The quantitative estimate of drug-likeness (QED) is 0.723. The summed E-state index contributed by atoms with van der Waals surface area (Å²) in [5.74, 6) is -0.00724. The maximum absolute atomic E-state index is 10.9. The van der Waals surface area contributed by atoms with Crippen LogP contribution in [0.3, 0.4) is 0 Å². The molecule has 0 unspecified atom stereocenters. The van der Waals surface area contributed by atoms with Crippen molar-refractivity contribution in [3.63, 3.8) is 0 Å². The number of aliphatic hydroxyl groups is 1. The summed E-state index contributed by atoms with van der Waals surface area (Å²) in [7, 11) is 3.99. The predicted octanol–water partition coefficient (Wildman–Crippen LogP) is 5.68.